The maximum atomic E-state index is 3.68. The van der Waals surface area contributed by atoms with Crippen molar-refractivity contribution in [2.45, 2.75) is 71.8 Å². The van der Waals surface area contributed by atoms with Crippen LogP contribution < -0.4 is 5.32 Å². The molecule has 0 aromatic rings. The normalized spacial score (nSPS) is 15.7. The summed E-state index contributed by atoms with van der Waals surface area (Å²) in [4.78, 5) is 0. The summed E-state index contributed by atoms with van der Waals surface area (Å²) in [6.07, 6.45) is 7.83. The van der Waals surface area contributed by atoms with Crippen molar-refractivity contribution in [3.05, 3.63) is 0 Å². The van der Waals surface area contributed by atoms with Crippen molar-refractivity contribution in [1.82, 2.24) is 5.32 Å². The number of hydrogen-bond acceptors (Lipinski definition) is 1. The van der Waals surface area contributed by atoms with Crippen LogP contribution in [0, 0.1) is 0 Å². The second-order valence-electron chi connectivity index (χ2n) is 4.30. The molecule has 0 bridgehead atoms. The fraction of sp³-hybridized carbons (Fsp3) is 1.00. The lowest BCUT2D eigenvalue weighted by molar-refractivity contribution is 0.314. The van der Waals surface area contributed by atoms with E-state index in [-0.39, 0.29) is 0 Å². The highest BCUT2D eigenvalue weighted by molar-refractivity contribution is 4.80. The summed E-state index contributed by atoms with van der Waals surface area (Å²) in [6.45, 7) is 10.3. The van der Waals surface area contributed by atoms with Crippen LogP contribution in [0.3, 0.4) is 0 Å². The van der Waals surface area contributed by atoms with Crippen LogP contribution in [0.5, 0.6) is 0 Å². The zero-order valence-corrected chi connectivity index (χ0v) is 9.95. The SMILES string of the molecule is CCCCCNC(C)(CC)CCC. The Bertz CT molecular complexity index is 112. The summed E-state index contributed by atoms with van der Waals surface area (Å²) in [5.74, 6) is 0. The van der Waals surface area contributed by atoms with Gasteiger partial charge in [0.1, 0.15) is 0 Å². The average Bonchev–Trinajstić information content (AvgIpc) is 2.13. The van der Waals surface area contributed by atoms with Gasteiger partial charge >= 0.3 is 0 Å². The van der Waals surface area contributed by atoms with Gasteiger partial charge in [-0.1, -0.05) is 40.0 Å². The van der Waals surface area contributed by atoms with Crippen molar-refractivity contribution < 1.29 is 0 Å². The van der Waals surface area contributed by atoms with Gasteiger partial charge in [-0.3, -0.25) is 0 Å². The van der Waals surface area contributed by atoms with Crippen molar-refractivity contribution in [3.63, 3.8) is 0 Å². The lowest BCUT2D eigenvalue weighted by Gasteiger charge is -2.29. The van der Waals surface area contributed by atoms with E-state index >= 15 is 0 Å². The van der Waals surface area contributed by atoms with Crippen molar-refractivity contribution in [2.24, 2.45) is 0 Å². The van der Waals surface area contributed by atoms with Crippen LogP contribution >= 0.6 is 0 Å². The van der Waals surface area contributed by atoms with E-state index in [1.807, 2.05) is 0 Å². The molecule has 0 aromatic carbocycles. The zero-order chi connectivity index (χ0) is 10.2. The van der Waals surface area contributed by atoms with Crippen molar-refractivity contribution in [3.8, 4) is 0 Å². The van der Waals surface area contributed by atoms with Gasteiger partial charge < -0.3 is 5.32 Å². The molecule has 0 aliphatic carbocycles. The number of rotatable bonds is 8. The van der Waals surface area contributed by atoms with E-state index < -0.39 is 0 Å². The third-order valence-electron chi connectivity index (χ3n) is 2.91. The van der Waals surface area contributed by atoms with Crippen LogP contribution in [0.2, 0.25) is 0 Å². The van der Waals surface area contributed by atoms with E-state index in [1.165, 1.54) is 45.1 Å². The number of nitrogens with one attached hydrogen (secondary N) is 1. The molecule has 13 heavy (non-hydrogen) atoms. The summed E-state index contributed by atoms with van der Waals surface area (Å²) in [7, 11) is 0. The van der Waals surface area contributed by atoms with E-state index in [0.29, 0.717) is 5.54 Å². The lowest BCUT2D eigenvalue weighted by Crippen LogP contribution is -2.42. The highest BCUT2D eigenvalue weighted by atomic mass is 15.0. The molecule has 0 aliphatic heterocycles. The number of hydrogen-bond donors (Lipinski definition) is 1. The first-order chi connectivity index (χ1) is 6.18. The summed E-state index contributed by atoms with van der Waals surface area (Å²) in [5.41, 5.74) is 0.391. The highest BCUT2D eigenvalue weighted by Crippen LogP contribution is 2.16. The summed E-state index contributed by atoms with van der Waals surface area (Å²) >= 11 is 0. The van der Waals surface area contributed by atoms with E-state index in [1.54, 1.807) is 0 Å². The molecule has 0 spiro atoms. The maximum Gasteiger partial charge on any atom is 0.0150 e. The van der Waals surface area contributed by atoms with Crippen LogP contribution in [0.1, 0.15) is 66.2 Å². The zero-order valence-electron chi connectivity index (χ0n) is 9.95. The summed E-state index contributed by atoms with van der Waals surface area (Å²) < 4.78 is 0. The Balaban J connectivity index is 3.57. The third kappa shape index (κ3) is 6.09. The Morgan fingerprint density at radius 2 is 1.69 bits per heavy atom. The van der Waals surface area contributed by atoms with Gasteiger partial charge in [-0.25, -0.2) is 0 Å². The Hall–Kier alpha value is -0.0400. The largest absolute Gasteiger partial charge is 0.312 e. The standard InChI is InChI=1S/C12H27N/c1-5-8-9-11-13-12(4,7-3)10-6-2/h13H,5-11H2,1-4H3. The fourth-order valence-electron chi connectivity index (χ4n) is 1.71. The predicted molar refractivity (Wildman–Crippen MR) is 61.1 cm³/mol. The summed E-state index contributed by atoms with van der Waals surface area (Å²) in [6, 6.07) is 0. The molecule has 0 aliphatic rings. The Morgan fingerprint density at radius 1 is 1.00 bits per heavy atom. The van der Waals surface area contributed by atoms with E-state index in [0.717, 1.165) is 0 Å². The van der Waals surface area contributed by atoms with Gasteiger partial charge in [-0.15, -0.1) is 0 Å². The van der Waals surface area contributed by atoms with Crippen LogP contribution in [-0.2, 0) is 0 Å². The average molecular weight is 185 g/mol. The van der Waals surface area contributed by atoms with Crippen LogP contribution in [0.25, 0.3) is 0 Å². The minimum absolute atomic E-state index is 0.391. The predicted octanol–water partition coefficient (Wildman–Crippen LogP) is 3.74. The Kier molecular flexibility index (Phi) is 7.35. The Morgan fingerprint density at radius 3 is 2.15 bits per heavy atom. The van der Waals surface area contributed by atoms with Crippen LogP contribution in [0.15, 0.2) is 0 Å². The van der Waals surface area contributed by atoms with Gasteiger partial charge in [0, 0.05) is 5.54 Å². The van der Waals surface area contributed by atoms with E-state index in [2.05, 4.69) is 33.0 Å². The maximum absolute atomic E-state index is 3.68. The van der Waals surface area contributed by atoms with Gasteiger partial charge in [0.2, 0.25) is 0 Å². The van der Waals surface area contributed by atoms with Crippen LogP contribution in [-0.4, -0.2) is 12.1 Å². The molecule has 1 nitrogen and oxygen atoms in total. The molecule has 0 saturated carbocycles. The molecule has 0 amide bonds. The monoisotopic (exact) mass is 185 g/mol. The molecule has 1 heteroatoms. The first-order valence-electron chi connectivity index (χ1n) is 5.93. The van der Waals surface area contributed by atoms with Gasteiger partial charge in [0.05, 0.1) is 0 Å². The molecule has 0 saturated heterocycles. The molecule has 1 N–H and O–H groups in total. The minimum Gasteiger partial charge on any atom is -0.312 e. The molecule has 1 unspecified atom stereocenters. The van der Waals surface area contributed by atoms with Gasteiger partial charge in [0.15, 0.2) is 0 Å². The van der Waals surface area contributed by atoms with Crippen LogP contribution in [0.4, 0.5) is 0 Å². The first-order valence-corrected chi connectivity index (χ1v) is 5.93. The van der Waals surface area contributed by atoms with Gasteiger partial charge in [-0.05, 0) is 32.7 Å². The molecule has 0 radical (unpaired) electrons. The highest BCUT2D eigenvalue weighted by Gasteiger charge is 2.18. The Labute approximate surface area is 84.3 Å². The quantitative estimate of drug-likeness (QED) is 0.568. The molecular weight excluding hydrogens is 158 g/mol. The van der Waals surface area contributed by atoms with Crippen molar-refractivity contribution >= 4 is 0 Å². The molecule has 0 heterocycles. The first kappa shape index (κ1) is 13.0. The van der Waals surface area contributed by atoms with E-state index in [9.17, 15) is 0 Å². The molecule has 80 valence electrons. The minimum atomic E-state index is 0.391. The molecular formula is C12H27N. The van der Waals surface area contributed by atoms with E-state index in [4.69, 9.17) is 0 Å². The second-order valence-corrected chi connectivity index (χ2v) is 4.30. The molecule has 0 aromatic heterocycles. The second kappa shape index (κ2) is 7.37. The number of unbranched alkanes of at least 4 members (excludes halogenated alkanes) is 2. The van der Waals surface area contributed by atoms with Gasteiger partial charge in [0.25, 0.3) is 0 Å². The van der Waals surface area contributed by atoms with Crippen molar-refractivity contribution in [2.75, 3.05) is 6.54 Å². The van der Waals surface area contributed by atoms with Gasteiger partial charge in [-0.2, -0.15) is 0 Å². The third-order valence-corrected chi connectivity index (χ3v) is 2.91. The lowest BCUT2D eigenvalue weighted by atomic mass is 9.93. The molecule has 0 rings (SSSR count). The fourth-order valence-corrected chi connectivity index (χ4v) is 1.71. The smallest absolute Gasteiger partial charge is 0.0150 e. The molecule has 0 fully saturated rings. The van der Waals surface area contributed by atoms with Crippen molar-refractivity contribution in [1.29, 1.82) is 0 Å². The topological polar surface area (TPSA) is 12.0 Å². The molecule has 1 atom stereocenters. The summed E-state index contributed by atoms with van der Waals surface area (Å²) in [5, 5.41) is 3.68.